The summed E-state index contributed by atoms with van der Waals surface area (Å²) in [6, 6.07) is 0. The van der Waals surface area contributed by atoms with E-state index in [1.165, 1.54) is 0 Å². The van der Waals surface area contributed by atoms with Gasteiger partial charge in [0.2, 0.25) is 0 Å². The largest absolute Gasteiger partial charge is 1.00 e. The molecule has 5 heteroatoms. The summed E-state index contributed by atoms with van der Waals surface area (Å²) < 4.78 is 18.6. The fourth-order valence-electron chi connectivity index (χ4n) is 0. The van der Waals surface area contributed by atoms with Crippen molar-refractivity contribution >= 4 is 10.0 Å². The second-order valence-corrected chi connectivity index (χ2v) is 1.99. The molecule has 0 aromatic carbocycles. The minimum Gasteiger partial charge on any atom is -0.255 e. The molecule has 0 aliphatic heterocycles. The van der Waals surface area contributed by atoms with Crippen LogP contribution >= 0.6 is 0 Å². The normalized spacial score (nSPS) is 9.67. The Morgan fingerprint density at radius 3 is 1.50 bits per heavy atom. The van der Waals surface area contributed by atoms with Crippen LogP contribution in [0.4, 0.5) is 0 Å². The van der Waals surface area contributed by atoms with Crippen molar-refractivity contribution in [3.8, 4) is 0 Å². The maximum absolute atomic E-state index is 9.30. The Morgan fingerprint density at radius 2 is 1.50 bits per heavy atom. The molecule has 0 atom stereocenters. The van der Waals surface area contributed by atoms with Gasteiger partial charge in [-0.15, -0.1) is 0 Å². The summed E-state index contributed by atoms with van der Waals surface area (Å²) in [6.45, 7) is 0. The first-order chi connectivity index (χ1) is 2.00. The summed E-state index contributed by atoms with van der Waals surface area (Å²) in [5.41, 5.74) is 0. The van der Waals surface area contributed by atoms with Crippen LogP contribution in [0.2, 0.25) is 0 Å². The van der Waals surface area contributed by atoms with Crippen LogP contribution in [0, 0.1) is 6.26 Å². The summed E-state index contributed by atoms with van der Waals surface area (Å²) in [4.78, 5) is 0. The standard InChI is InChI=1S/CH4NO2S.Li/c1-5(2,3)4;/h1H2,(H2,2,3,4);/q-1;+1. The van der Waals surface area contributed by atoms with Crippen LogP contribution in [0.15, 0.2) is 0 Å². The summed E-state index contributed by atoms with van der Waals surface area (Å²) in [5, 5.41) is 4.22. The number of nitrogens with two attached hydrogens (primary N) is 1. The molecule has 0 radical (unpaired) electrons. The molecule has 0 unspecified atom stereocenters. The third-order valence-electron chi connectivity index (χ3n) is 0. The average molecular weight is 101 g/mol. The Morgan fingerprint density at radius 1 is 1.50 bits per heavy atom. The van der Waals surface area contributed by atoms with Crippen molar-refractivity contribution in [2.75, 3.05) is 0 Å². The third kappa shape index (κ3) is 215. The van der Waals surface area contributed by atoms with E-state index in [-0.39, 0.29) is 18.9 Å². The molecular formula is CH4LiNO2S. The Balaban J connectivity index is 0. The molecule has 0 aromatic heterocycles. The predicted octanol–water partition coefficient (Wildman–Crippen LogP) is -3.93. The molecule has 0 aromatic rings. The van der Waals surface area contributed by atoms with E-state index in [0.717, 1.165) is 0 Å². The first-order valence-electron chi connectivity index (χ1n) is 0.858. The van der Waals surface area contributed by atoms with E-state index in [1.54, 1.807) is 0 Å². The van der Waals surface area contributed by atoms with Gasteiger partial charge >= 0.3 is 18.9 Å². The molecule has 0 aliphatic rings. The summed E-state index contributed by atoms with van der Waals surface area (Å²) >= 11 is 0. The zero-order valence-corrected chi connectivity index (χ0v) is 4.33. The molecule has 0 heterocycles. The molecule has 0 amide bonds. The molecular weight excluding hydrogens is 97.0 g/mol. The number of hydrogen-bond acceptors (Lipinski definition) is 2. The fraction of sp³-hybridized carbons (Fsp3) is 0. The van der Waals surface area contributed by atoms with Crippen molar-refractivity contribution in [1.29, 1.82) is 0 Å². The van der Waals surface area contributed by atoms with E-state index in [0.29, 0.717) is 0 Å². The minimum absolute atomic E-state index is 0. The summed E-state index contributed by atoms with van der Waals surface area (Å²) in [7, 11) is -3.42. The Bertz CT molecular complexity index is 96.7. The Hall–Kier alpha value is 0.507. The second-order valence-electron chi connectivity index (χ2n) is 0.663. The van der Waals surface area contributed by atoms with E-state index in [9.17, 15) is 8.42 Å². The average Bonchev–Trinajstić information content (AvgIpc) is 0.722. The molecule has 0 fully saturated rings. The van der Waals surface area contributed by atoms with Crippen LogP contribution in [-0.4, -0.2) is 8.42 Å². The van der Waals surface area contributed by atoms with E-state index in [2.05, 4.69) is 11.4 Å². The summed E-state index contributed by atoms with van der Waals surface area (Å²) in [5.74, 6) is 0. The zero-order chi connectivity index (χ0) is 4.50. The smallest absolute Gasteiger partial charge is 0.255 e. The monoisotopic (exact) mass is 101 g/mol. The molecule has 0 bridgehead atoms. The van der Waals surface area contributed by atoms with Crippen molar-refractivity contribution in [2.45, 2.75) is 0 Å². The quantitative estimate of drug-likeness (QED) is 0.250. The van der Waals surface area contributed by atoms with E-state index < -0.39 is 10.0 Å². The van der Waals surface area contributed by atoms with Crippen LogP contribution in [0.1, 0.15) is 0 Å². The number of sulfonamides is 1. The maximum atomic E-state index is 9.30. The van der Waals surface area contributed by atoms with Gasteiger partial charge in [-0.2, -0.15) is 0 Å². The fourth-order valence-corrected chi connectivity index (χ4v) is 0. The van der Waals surface area contributed by atoms with Gasteiger partial charge in [0.25, 0.3) is 0 Å². The second kappa shape index (κ2) is 2.64. The van der Waals surface area contributed by atoms with Crippen molar-refractivity contribution in [3.05, 3.63) is 6.26 Å². The van der Waals surface area contributed by atoms with Crippen LogP contribution in [0.25, 0.3) is 0 Å². The van der Waals surface area contributed by atoms with Crippen molar-refractivity contribution in [1.82, 2.24) is 0 Å². The first-order valence-corrected chi connectivity index (χ1v) is 2.57. The van der Waals surface area contributed by atoms with Crippen LogP contribution in [0.3, 0.4) is 0 Å². The van der Waals surface area contributed by atoms with E-state index in [1.807, 2.05) is 0 Å². The van der Waals surface area contributed by atoms with Crippen LogP contribution in [0.5, 0.6) is 0 Å². The van der Waals surface area contributed by atoms with Crippen LogP contribution in [-0.2, 0) is 10.0 Å². The zero-order valence-electron chi connectivity index (χ0n) is 3.51. The number of rotatable bonds is 0. The molecule has 6 heavy (non-hydrogen) atoms. The number of primary sulfonamides is 1. The van der Waals surface area contributed by atoms with Gasteiger partial charge in [0, 0.05) is 0 Å². The molecule has 0 aliphatic carbocycles. The van der Waals surface area contributed by atoms with Gasteiger partial charge in [-0.1, -0.05) is 0 Å². The topological polar surface area (TPSA) is 60.2 Å². The Labute approximate surface area is 49.1 Å². The minimum atomic E-state index is -3.42. The van der Waals surface area contributed by atoms with Gasteiger partial charge < -0.3 is 0 Å². The van der Waals surface area contributed by atoms with Crippen LogP contribution < -0.4 is 24.0 Å². The summed E-state index contributed by atoms with van der Waals surface area (Å²) in [6.07, 6.45) is 2.52. The van der Waals surface area contributed by atoms with Gasteiger partial charge in [-0.3, -0.25) is 5.14 Å². The molecule has 3 nitrogen and oxygen atoms in total. The molecule has 0 rings (SSSR count). The van der Waals surface area contributed by atoms with E-state index in [4.69, 9.17) is 0 Å². The first kappa shape index (κ1) is 9.72. The SMILES string of the molecule is [CH2-]S(N)(=O)=O.[Li+]. The molecule has 0 saturated heterocycles. The van der Waals surface area contributed by atoms with Gasteiger partial charge in [-0.05, 0) is 0 Å². The Kier molecular flexibility index (Phi) is 4.28. The molecule has 2 N–H and O–H groups in total. The molecule has 0 spiro atoms. The maximum Gasteiger partial charge on any atom is 1.00 e. The van der Waals surface area contributed by atoms with Crippen molar-refractivity contribution in [2.24, 2.45) is 5.14 Å². The third-order valence-corrected chi connectivity index (χ3v) is 0. The van der Waals surface area contributed by atoms with Crippen molar-refractivity contribution < 1.29 is 27.3 Å². The van der Waals surface area contributed by atoms with Gasteiger partial charge in [0.15, 0.2) is 0 Å². The van der Waals surface area contributed by atoms with Gasteiger partial charge in [0.1, 0.15) is 0 Å². The van der Waals surface area contributed by atoms with E-state index >= 15 is 0 Å². The predicted molar refractivity (Wildman–Crippen MR) is 18.5 cm³/mol. The molecule has 32 valence electrons. The van der Waals surface area contributed by atoms with Crippen molar-refractivity contribution in [3.63, 3.8) is 0 Å². The number of hydrogen-bond donors (Lipinski definition) is 1. The van der Waals surface area contributed by atoms with Gasteiger partial charge in [0.05, 0.1) is 10.0 Å². The molecule has 0 saturated carbocycles. The van der Waals surface area contributed by atoms with Gasteiger partial charge in [-0.25, -0.2) is 14.7 Å².